The van der Waals surface area contributed by atoms with Gasteiger partial charge >= 0.3 is 5.97 Å². The van der Waals surface area contributed by atoms with Crippen LogP contribution >= 0.6 is 11.3 Å². The molecule has 2 rings (SSSR count). The minimum atomic E-state index is -0.262. The van der Waals surface area contributed by atoms with Gasteiger partial charge in [-0.25, -0.2) is 4.79 Å². The lowest BCUT2D eigenvalue weighted by Crippen LogP contribution is -2.00. The Bertz CT molecular complexity index is 405. The van der Waals surface area contributed by atoms with Crippen LogP contribution in [-0.4, -0.2) is 13.1 Å². The molecule has 2 nitrogen and oxygen atoms in total. The number of hydrogen-bond donors (Lipinski definition) is 0. The molecule has 3 heteroatoms. The van der Waals surface area contributed by atoms with Crippen LogP contribution in [0, 0.1) is 0 Å². The quantitative estimate of drug-likeness (QED) is 0.649. The minimum absolute atomic E-state index is 0.262. The Labute approximate surface area is 80.1 Å². The Balaban J connectivity index is 2.58. The minimum Gasteiger partial charge on any atom is -0.465 e. The molecule has 66 valence electrons. The molecule has 0 fully saturated rings. The monoisotopic (exact) mass is 192 g/mol. The summed E-state index contributed by atoms with van der Waals surface area (Å²) in [5.74, 6) is -0.262. The number of hydrogen-bond acceptors (Lipinski definition) is 3. The van der Waals surface area contributed by atoms with Crippen LogP contribution in [0.1, 0.15) is 9.67 Å². The van der Waals surface area contributed by atoms with Crippen LogP contribution in [0.5, 0.6) is 0 Å². The van der Waals surface area contributed by atoms with Gasteiger partial charge in [-0.3, -0.25) is 0 Å². The van der Waals surface area contributed by atoms with Crippen molar-refractivity contribution in [2.75, 3.05) is 7.11 Å². The predicted octanol–water partition coefficient (Wildman–Crippen LogP) is 2.64. The summed E-state index contributed by atoms with van der Waals surface area (Å²) < 4.78 is 4.69. The smallest absolute Gasteiger partial charge is 0.348 e. The van der Waals surface area contributed by atoms with E-state index in [9.17, 15) is 4.79 Å². The van der Waals surface area contributed by atoms with Gasteiger partial charge < -0.3 is 4.74 Å². The summed E-state index contributed by atoms with van der Waals surface area (Å²) in [5, 5.41) is 1.90. The highest BCUT2D eigenvalue weighted by molar-refractivity contribution is 7.12. The summed E-state index contributed by atoms with van der Waals surface area (Å²) in [7, 11) is 1.40. The molecule has 0 saturated heterocycles. The molecule has 1 heterocycles. The van der Waals surface area contributed by atoms with Crippen LogP contribution in [0.25, 0.3) is 11.1 Å². The van der Waals surface area contributed by atoms with Crippen molar-refractivity contribution < 1.29 is 9.53 Å². The van der Waals surface area contributed by atoms with Crippen LogP contribution in [-0.2, 0) is 4.74 Å². The van der Waals surface area contributed by atoms with Crippen molar-refractivity contribution in [1.29, 1.82) is 0 Å². The molecule has 0 radical (unpaired) electrons. The standard InChI is InChI=1S/C10H8O2S/c1-12-10(11)9-8-4-2-3-7(8)5-6-13-9/h2-6H,1H3. The lowest BCUT2D eigenvalue weighted by Gasteiger charge is -2.03. The zero-order valence-electron chi connectivity index (χ0n) is 7.11. The molecule has 0 atom stereocenters. The summed E-state index contributed by atoms with van der Waals surface area (Å²) >= 11 is 1.40. The number of esters is 1. The number of carbonyl (C=O) groups is 1. The highest BCUT2D eigenvalue weighted by Gasteiger charge is 2.14. The van der Waals surface area contributed by atoms with Gasteiger partial charge in [0.2, 0.25) is 0 Å². The Hall–Kier alpha value is -1.35. The first-order valence-electron chi connectivity index (χ1n) is 3.87. The molecule has 1 aliphatic carbocycles. The van der Waals surface area contributed by atoms with Crippen molar-refractivity contribution in [1.82, 2.24) is 0 Å². The van der Waals surface area contributed by atoms with E-state index in [0.717, 1.165) is 11.1 Å². The van der Waals surface area contributed by atoms with Gasteiger partial charge in [0.1, 0.15) is 4.88 Å². The fourth-order valence-electron chi connectivity index (χ4n) is 1.28. The number of ether oxygens (including phenoxy) is 1. The number of carbonyl (C=O) groups excluding carboxylic acids is 1. The molecule has 0 amide bonds. The third-order valence-corrected chi connectivity index (χ3v) is 2.79. The van der Waals surface area contributed by atoms with Gasteiger partial charge in [0.15, 0.2) is 0 Å². The summed E-state index contributed by atoms with van der Waals surface area (Å²) in [6.07, 6.45) is 0. The maximum absolute atomic E-state index is 11.3. The highest BCUT2D eigenvalue weighted by atomic mass is 32.1. The number of rotatable bonds is 1. The highest BCUT2D eigenvalue weighted by Crippen LogP contribution is 2.29. The fraction of sp³-hybridized carbons (Fsp3) is 0.100. The van der Waals surface area contributed by atoms with Crippen LogP contribution in [0.2, 0.25) is 0 Å². The normalized spacial score (nSPS) is 10.2. The topological polar surface area (TPSA) is 26.3 Å². The van der Waals surface area contributed by atoms with E-state index < -0.39 is 0 Å². The van der Waals surface area contributed by atoms with Crippen LogP contribution in [0.15, 0.2) is 29.6 Å². The average Bonchev–Trinajstić information content (AvgIpc) is 2.63. The predicted molar refractivity (Wildman–Crippen MR) is 52.3 cm³/mol. The van der Waals surface area contributed by atoms with E-state index in [-0.39, 0.29) is 5.97 Å². The molecule has 2 aliphatic rings. The summed E-state index contributed by atoms with van der Waals surface area (Å²) in [4.78, 5) is 12.0. The summed E-state index contributed by atoms with van der Waals surface area (Å²) in [6, 6.07) is 7.84. The molecule has 0 unspecified atom stereocenters. The molecule has 0 bridgehead atoms. The molecule has 0 aromatic carbocycles. The van der Waals surface area contributed by atoms with E-state index in [4.69, 9.17) is 0 Å². The number of fused-ring (bicyclic) bond motifs is 1. The van der Waals surface area contributed by atoms with Crippen molar-refractivity contribution in [2.24, 2.45) is 0 Å². The second kappa shape index (κ2) is 3.18. The maximum Gasteiger partial charge on any atom is 0.348 e. The zero-order chi connectivity index (χ0) is 9.26. The van der Waals surface area contributed by atoms with Crippen molar-refractivity contribution in [2.45, 2.75) is 0 Å². The van der Waals surface area contributed by atoms with Crippen molar-refractivity contribution in [3.63, 3.8) is 0 Å². The van der Waals surface area contributed by atoms with E-state index in [0.29, 0.717) is 4.88 Å². The third kappa shape index (κ3) is 1.31. The van der Waals surface area contributed by atoms with Crippen molar-refractivity contribution in [3.05, 3.63) is 34.5 Å². The largest absolute Gasteiger partial charge is 0.465 e. The zero-order valence-corrected chi connectivity index (χ0v) is 7.93. The molecule has 0 N–H and O–H groups in total. The third-order valence-electron chi connectivity index (χ3n) is 1.90. The lowest BCUT2D eigenvalue weighted by molar-refractivity contribution is 0.0607. The average molecular weight is 192 g/mol. The number of methoxy groups -OCH3 is 1. The van der Waals surface area contributed by atoms with Gasteiger partial charge in [0, 0.05) is 5.56 Å². The molecular formula is C10H8O2S. The van der Waals surface area contributed by atoms with Gasteiger partial charge in [-0.1, -0.05) is 18.2 Å². The van der Waals surface area contributed by atoms with Crippen LogP contribution < -0.4 is 0 Å². The Morgan fingerprint density at radius 3 is 3.00 bits per heavy atom. The maximum atomic E-state index is 11.3. The Kier molecular flexibility index (Phi) is 2.02. The molecule has 0 spiro atoms. The molecule has 1 aliphatic heterocycles. The van der Waals surface area contributed by atoms with E-state index in [1.165, 1.54) is 18.4 Å². The van der Waals surface area contributed by atoms with Crippen LogP contribution in [0.4, 0.5) is 0 Å². The first-order chi connectivity index (χ1) is 6.33. The second-order valence-electron chi connectivity index (χ2n) is 2.64. The van der Waals surface area contributed by atoms with Crippen molar-refractivity contribution >= 4 is 17.3 Å². The van der Waals surface area contributed by atoms with Gasteiger partial charge in [-0.05, 0) is 17.0 Å². The van der Waals surface area contributed by atoms with Crippen LogP contribution in [0.3, 0.4) is 0 Å². The molecule has 13 heavy (non-hydrogen) atoms. The van der Waals surface area contributed by atoms with Gasteiger partial charge in [-0.2, -0.15) is 0 Å². The first kappa shape index (κ1) is 8.26. The van der Waals surface area contributed by atoms with Gasteiger partial charge in [0.25, 0.3) is 0 Å². The lowest BCUT2D eigenvalue weighted by atomic mass is 10.1. The second-order valence-corrected chi connectivity index (χ2v) is 3.55. The van der Waals surface area contributed by atoms with Gasteiger partial charge in [-0.15, -0.1) is 11.3 Å². The van der Waals surface area contributed by atoms with E-state index in [1.807, 2.05) is 29.6 Å². The molecular weight excluding hydrogens is 184 g/mol. The van der Waals surface area contributed by atoms with E-state index in [1.54, 1.807) is 0 Å². The van der Waals surface area contributed by atoms with E-state index in [2.05, 4.69) is 4.74 Å². The van der Waals surface area contributed by atoms with E-state index >= 15 is 0 Å². The summed E-state index contributed by atoms with van der Waals surface area (Å²) in [6.45, 7) is 0. The van der Waals surface area contributed by atoms with Gasteiger partial charge in [0.05, 0.1) is 7.11 Å². The first-order valence-corrected chi connectivity index (χ1v) is 4.75. The molecule has 0 aromatic heterocycles. The SMILES string of the molecule is COC(=O)c1sccc2cccc1-2. The molecule has 0 aromatic rings. The molecule has 0 saturated carbocycles. The Morgan fingerprint density at radius 1 is 1.38 bits per heavy atom. The summed E-state index contributed by atoms with van der Waals surface area (Å²) in [5.41, 5.74) is 2.05. The Morgan fingerprint density at radius 2 is 2.23 bits per heavy atom. The van der Waals surface area contributed by atoms with Crippen molar-refractivity contribution in [3.8, 4) is 11.1 Å². The fourth-order valence-corrected chi connectivity index (χ4v) is 2.12.